The molecule has 2 aromatic carbocycles. The third-order valence-corrected chi connectivity index (χ3v) is 6.50. The third-order valence-electron chi connectivity index (χ3n) is 3.63. The summed E-state index contributed by atoms with van der Waals surface area (Å²) in [5, 5.41) is 12.3. The number of carboxylic acids is 1. The van der Waals surface area contributed by atoms with Crippen LogP contribution in [0.15, 0.2) is 42.5 Å². The average molecular weight is 567 g/mol. The summed E-state index contributed by atoms with van der Waals surface area (Å²) in [6.45, 7) is 0.531. The topological polar surface area (TPSA) is 58.6 Å². The lowest BCUT2D eigenvalue weighted by molar-refractivity contribution is -0.138. The summed E-state index contributed by atoms with van der Waals surface area (Å²) in [4.78, 5) is 11.1. The van der Waals surface area contributed by atoms with Gasteiger partial charge in [-0.05, 0) is 68.4 Å². The summed E-state index contributed by atoms with van der Waals surface area (Å²) in [6.07, 6.45) is 0. The van der Waals surface area contributed by atoms with Crippen molar-refractivity contribution in [3.8, 4) is 5.75 Å². The van der Waals surface area contributed by atoms with Crippen LogP contribution in [0, 0.1) is 7.14 Å². The first-order valence-corrected chi connectivity index (χ1v) is 10.5. The molecule has 1 aliphatic rings. The summed E-state index contributed by atoms with van der Waals surface area (Å²) in [5.74, 6) is 0.665. The molecular weight excluding hydrogens is 552 g/mol. The van der Waals surface area contributed by atoms with Crippen LogP contribution in [0.4, 0.5) is 0 Å². The maximum Gasteiger partial charge on any atom is 0.321 e. The fourth-order valence-corrected chi connectivity index (χ4v) is 5.75. The van der Waals surface area contributed by atoms with E-state index >= 15 is 0 Å². The van der Waals surface area contributed by atoms with E-state index in [0.29, 0.717) is 12.4 Å². The van der Waals surface area contributed by atoms with E-state index in [1.54, 1.807) is 11.8 Å². The number of rotatable bonds is 5. The van der Waals surface area contributed by atoms with Crippen LogP contribution in [0.25, 0.3) is 0 Å². The fourth-order valence-electron chi connectivity index (χ4n) is 2.40. The van der Waals surface area contributed by atoms with Crippen molar-refractivity contribution in [1.82, 2.24) is 5.32 Å². The van der Waals surface area contributed by atoms with E-state index in [2.05, 4.69) is 62.6 Å². The highest BCUT2D eigenvalue weighted by Gasteiger charge is 2.31. The molecule has 4 nitrogen and oxygen atoms in total. The maximum atomic E-state index is 11.1. The lowest BCUT2D eigenvalue weighted by Gasteiger charge is -2.16. The van der Waals surface area contributed by atoms with Crippen LogP contribution in [-0.4, -0.2) is 22.9 Å². The minimum absolute atomic E-state index is 0.0105. The average Bonchev–Trinajstić information content (AvgIpc) is 3.05. The van der Waals surface area contributed by atoms with E-state index in [9.17, 15) is 4.79 Å². The first-order valence-electron chi connectivity index (χ1n) is 7.30. The lowest BCUT2D eigenvalue weighted by Crippen LogP contribution is -2.33. The molecule has 2 N–H and O–H groups in total. The fraction of sp³-hybridized carbons (Fsp3) is 0.235. The van der Waals surface area contributed by atoms with Crippen molar-refractivity contribution < 1.29 is 14.6 Å². The third kappa shape index (κ3) is 4.36. The summed E-state index contributed by atoms with van der Waals surface area (Å²) in [7, 11) is 0. The first-order chi connectivity index (χ1) is 11.5. The van der Waals surface area contributed by atoms with Gasteiger partial charge in [0.25, 0.3) is 0 Å². The molecule has 0 amide bonds. The predicted molar refractivity (Wildman–Crippen MR) is 112 cm³/mol. The summed E-state index contributed by atoms with van der Waals surface area (Å²) in [5.41, 5.74) is 2.22. The van der Waals surface area contributed by atoms with E-state index in [0.717, 1.165) is 24.0 Å². The number of carbonyl (C=O) groups is 1. The Hall–Kier alpha value is -0.520. The molecule has 126 valence electrons. The van der Waals surface area contributed by atoms with Gasteiger partial charge in [0.2, 0.25) is 0 Å². The number of nitrogens with one attached hydrogen (secondary N) is 1. The second kappa shape index (κ2) is 8.24. The van der Waals surface area contributed by atoms with Gasteiger partial charge in [0.15, 0.2) is 0 Å². The Morgan fingerprint density at radius 1 is 1.25 bits per heavy atom. The Morgan fingerprint density at radius 3 is 2.50 bits per heavy atom. The SMILES string of the molecule is O=C(O)C1CSC(c2cc(I)c(OCc3ccccc3)c(I)c2)N1. The zero-order valence-electron chi connectivity index (χ0n) is 12.5. The van der Waals surface area contributed by atoms with Crippen LogP contribution in [0.1, 0.15) is 16.5 Å². The Bertz CT molecular complexity index is 719. The van der Waals surface area contributed by atoms with E-state index < -0.39 is 12.0 Å². The number of hydrogen-bond acceptors (Lipinski definition) is 4. The van der Waals surface area contributed by atoms with Crippen molar-refractivity contribution in [3.63, 3.8) is 0 Å². The molecule has 1 saturated heterocycles. The number of ether oxygens (including phenoxy) is 1. The number of aliphatic carboxylic acids is 1. The Labute approximate surface area is 172 Å². The van der Waals surface area contributed by atoms with Gasteiger partial charge in [-0.25, -0.2) is 0 Å². The number of benzene rings is 2. The number of carboxylic acid groups (broad SMARTS) is 1. The van der Waals surface area contributed by atoms with Crippen molar-refractivity contribution in [3.05, 3.63) is 60.7 Å². The first kappa shape index (κ1) is 18.3. The minimum Gasteiger partial charge on any atom is -0.487 e. The van der Waals surface area contributed by atoms with E-state index in [4.69, 9.17) is 9.84 Å². The molecule has 1 aliphatic heterocycles. The number of hydrogen-bond donors (Lipinski definition) is 2. The van der Waals surface area contributed by atoms with Crippen molar-refractivity contribution in [2.45, 2.75) is 18.0 Å². The molecule has 0 aliphatic carbocycles. The summed E-state index contributed by atoms with van der Waals surface area (Å²) >= 11 is 6.18. The summed E-state index contributed by atoms with van der Waals surface area (Å²) in [6, 6.07) is 13.7. The van der Waals surface area contributed by atoms with Gasteiger partial charge in [-0.1, -0.05) is 30.3 Å². The van der Waals surface area contributed by atoms with Gasteiger partial charge in [0, 0.05) is 5.75 Å². The molecule has 24 heavy (non-hydrogen) atoms. The predicted octanol–water partition coefficient (Wildman–Crippen LogP) is 4.26. The molecule has 2 unspecified atom stereocenters. The standard InChI is InChI=1S/C17H15I2NO3S/c18-12-6-11(16-20-14(9-24-16)17(21)22)7-13(19)15(12)23-8-10-4-2-1-3-5-10/h1-7,14,16,20H,8-9H2,(H,21,22). The highest BCUT2D eigenvalue weighted by atomic mass is 127. The second-order valence-electron chi connectivity index (χ2n) is 5.36. The molecule has 1 heterocycles. The molecule has 2 aromatic rings. The normalized spacial score (nSPS) is 20.1. The van der Waals surface area contributed by atoms with E-state index in [1.807, 2.05) is 30.3 Å². The van der Waals surface area contributed by atoms with Gasteiger partial charge in [-0.2, -0.15) is 0 Å². The molecule has 0 bridgehead atoms. The molecule has 2 atom stereocenters. The Balaban J connectivity index is 1.73. The van der Waals surface area contributed by atoms with Crippen molar-refractivity contribution in [2.24, 2.45) is 0 Å². The molecular formula is C17H15I2NO3S. The molecule has 0 spiro atoms. The van der Waals surface area contributed by atoms with Crippen molar-refractivity contribution in [1.29, 1.82) is 0 Å². The van der Waals surface area contributed by atoms with Crippen molar-refractivity contribution in [2.75, 3.05) is 5.75 Å². The highest BCUT2D eigenvalue weighted by Crippen LogP contribution is 2.37. The number of halogens is 2. The quantitative estimate of drug-likeness (QED) is 0.530. The van der Waals surface area contributed by atoms with Gasteiger partial charge in [-0.15, -0.1) is 11.8 Å². The zero-order valence-corrected chi connectivity index (χ0v) is 17.7. The van der Waals surface area contributed by atoms with E-state index in [1.165, 1.54) is 0 Å². The molecule has 0 radical (unpaired) electrons. The molecule has 0 aromatic heterocycles. The molecule has 1 fully saturated rings. The van der Waals surface area contributed by atoms with Gasteiger partial charge in [0.1, 0.15) is 18.4 Å². The van der Waals surface area contributed by atoms with Crippen LogP contribution in [0.5, 0.6) is 5.75 Å². The molecule has 7 heteroatoms. The Morgan fingerprint density at radius 2 is 1.92 bits per heavy atom. The second-order valence-corrected chi connectivity index (χ2v) is 8.82. The lowest BCUT2D eigenvalue weighted by atomic mass is 10.2. The Kier molecular flexibility index (Phi) is 6.27. The molecule has 0 saturated carbocycles. The highest BCUT2D eigenvalue weighted by molar-refractivity contribution is 14.1. The summed E-state index contributed by atoms with van der Waals surface area (Å²) < 4.78 is 8.06. The largest absolute Gasteiger partial charge is 0.487 e. The van der Waals surface area contributed by atoms with Gasteiger partial charge < -0.3 is 9.84 Å². The van der Waals surface area contributed by atoms with Crippen LogP contribution >= 0.6 is 56.9 Å². The van der Waals surface area contributed by atoms with Crippen molar-refractivity contribution >= 4 is 62.9 Å². The monoisotopic (exact) mass is 567 g/mol. The maximum absolute atomic E-state index is 11.1. The van der Waals surface area contributed by atoms with Crippen LogP contribution in [0.2, 0.25) is 0 Å². The minimum atomic E-state index is -0.794. The van der Waals surface area contributed by atoms with Crippen LogP contribution in [-0.2, 0) is 11.4 Å². The van der Waals surface area contributed by atoms with Gasteiger partial charge >= 0.3 is 5.97 Å². The molecule has 3 rings (SSSR count). The van der Waals surface area contributed by atoms with Gasteiger partial charge in [0.05, 0.1) is 12.5 Å². The van der Waals surface area contributed by atoms with Gasteiger partial charge in [-0.3, -0.25) is 10.1 Å². The smallest absolute Gasteiger partial charge is 0.321 e. The zero-order chi connectivity index (χ0) is 17.1. The van der Waals surface area contributed by atoms with Crippen LogP contribution < -0.4 is 10.1 Å². The van der Waals surface area contributed by atoms with E-state index in [-0.39, 0.29) is 5.37 Å². The number of thioether (sulfide) groups is 1. The van der Waals surface area contributed by atoms with Crippen LogP contribution in [0.3, 0.4) is 0 Å².